The van der Waals surface area contributed by atoms with Crippen molar-refractivity contribution in [2.45, 2.75) is 65.0 Å². The third kappa shape index (κ3) is 3.28. The van der Waals surface area contributed by atoms with E-state index in [1.807, 2.05) is 0 Å². The van der Waals surface area contributed by atoms with Gasteiger partial charge in [-0.2, -0.15) is 12.6 Å². The van der Waals surface area contributed by atoms with Crippen molar-refractivity contribution in [3.05, 3.63) is 34.4 Å². The van der Waals surface area contributed by atoms with Gasteiger partial charge in [-0.3, -0.25) is 0 Å². The number of hydrogen-bond acceptors (Lipinski definition) is 1. The molecule has 0 atom stereocenters. The second-order valence-electron chi connectivity index (χ2n) is 5.80. The van der Waals surface area contributed by atoms with Crippen LogP contribution >= 0.6 is 12.6 Å². The number of hydrogen-bond donors (Lipinski definition) is 1. The first-order valence-electron chi connectivity index (χ1n) is 6.65. The van der Waals surface area contributed by atoms with Gasteiger partial charge in [-0.05, 0) is 40.0 Å². The molecule has 0 unspecified atom stereocenters. The monoisotopic (exact) mass is 250 g/mol. The van der Waals surface area contributed by atoms with E-state index in [-0.39, 0.29) is 0 Å². The van der Waals surface area contributed by atoms with Crippen molar-refractivity contribution in [1.82, 2.24) is 0 Å². The fraction of sp³-hybridized carbons (Fsp3) is 0.625. The molecule has 0 aliphatic carbocycles. The molecule has 0 nitrogen and oxygen atoms in total. The zero-order chi connectivity index (χ0) is 13.2. The molecule has 96 valence electrons. The first-order valence-corrected chi connectivity index (χ1v) is 7.29. The summed E-state index contributed by atoms with van der Waals surface area (Å²) in [7, 11) is 0. The van der Waals surface area contributed by atoms with Crippen LogP contribution in [0.25, 0.3) is 0 Å². The Bertz CT molecular complexity index is 346. The summed E-state index contributed by atoms with van der Waals surface area (Å²) in [4.78, 5) is 0. The fourth-order valence-corrected chi connectivity index (χ4v) is 2.65. The quantitative estimate of drug-likeness (QED) is 0.671. The Morgan fingerprint density at radius 2 is 1.24 bits per heavy atom. The third-order valence-corrected chi connectivity index (χ3v) is 3.73. The Hall–Kier alpha value is -0.430. The highest BCUT2D eigenvalue weighted by Gasteiger charge is 2.15. The van der Waals surface area contributed by atoms with Crippen LogP contribution in [0, 0.1) is 0 Å². The Kier molecular flexibility index (Phi) is 5.12. The highest BCUT2D eigenvalue weighted by Crippen LogP contribution is 2.32. The summed E-state index contributed by atoms with van der Waals surface area (Å²) in [6.07, 6.45) is 0. The Balaban J connectivity index is 3.46. The average molecular weight is 250 g/mol. The predicted molar refractivity (Wildman–Crippen MR) is 81.4 cm³/mol. The molecule has 1 aromatic rings. The Labute approximate surface area is 112 Å². The van der Waals surface area contributed by atoms with Crippen LogP contribution in [0.1, 0.15) is 81.5 Å². The molecule has 17 heavy (non-hydrogen) atoms. The van der Waals surface area contributed by atoms with Crippen LogP contribution < -0.4 is 0 Å². The minimum absolute atomic E-state index is 0.577. The van der Waals surface area contributed by atoms with E-state index in [2.05, 4.69) is 66.3 Å². The third-order valence-electron chi connectivity index (χ3n) is 3.41. The molecule has 0 fully saturated rings. The van der Waals surface area contributed by atoms with Gasteiger partial charge in [0.15, 0.2) is 0 Å². The zero-order valence-corrected chi connectivity index (χ0v) is 12.9. The normalized spacial score (nSPS) is 11.9. The van der Waals surface area contributed by atoms with Crippen molar-refractivity contribution in [3.8, 4) is 0 Å². The lowest BCUT2D eigenvalue weighted by Gasteiger charge is -2.21. The van der Waals surface area contributed by atoms with Crippen molar-refractivity contribution < 1.29 is 0 Å². The smallest absolute Gasteiger partial charge is 0.0159 e. The first-order chi connectivity index (χ1) is 7.88. The first kappa shape index (κ1) is 14.6. The highest BCUT2D eigenvalue weighted by atomic mass is 32.1. The summed E-state index contributed by atoms with van der Waals surface area (Å²) in [5.74, 6) is 2.60. The van der Waals surface area contributed by atoms with Crippen LogP contribution in [-0.4, -0.2) is 0 Å². The van der Waals surface area contributed by atoms with Crippen LogP contribution in [-0.2, 0) is 5.75 Å². The molecule has 0 heterocycles. The van der Waals surface area contributed by atoms with Gasteiger partial charge in [0.25, 0.3) is 0 Å². The average Bonchev–Trinajstić information content (AvgIpc) is 2.26. The number of benzene rings is 1. The van der Waals surface area contributed by atoms with Gasteiger partial charge in [-0.25, -0.2) is 0 Å². The lowest BCUT2D eigenvalue weighted by atomic mass is 9.85. The molecule has 1 heteroatoms. The van der Waals surface area contributed by atoms with Gasteiger partial charge in [0, 0.05) is 5.75 Å². The minimum Gasteiger partial charge on any atom is -0.175 e. The largest absolute Gasteiger partial charge is 0.175 e. The van der Waals surface area contributed by atoms with Gasteiger partial charge in [-0.1, -0.05) is 53.7 Å². The summed E-state index contributed by atoms with van der Waals surface area (Å²) in [6, 6.07) is 4.76. The summed E-state index contributed by atoms with van der Waals surface area (Å²) in [6.45, 7) is 13.6. The molecular formula is C16H26S. The van der Waals surface area contributed by atoms with E-state index in [9.17, 15) is 0 Å². The fourth-order valence-electron chi connectivity index (χ4n) is 2.29. The standard InChI is InChI=1S/C16H26S/c1-10(2)13-7-14(11(3)4)16(9-17)15(8-13)12(5)6/h7-8,10-12,17H,9H2,1-6H3. The van der Waals surface area contributed by atoms with E-state index in [1.54, 1.807) is 0 Å². The van der Waals surface area contributed by atoms with Crippen molar-refractivity contribution in [1.29, 1.82) is 0 Å². The lowest BCUT2D eigenvalue weighted by Crippen LogP contribution is -2.05. The van der Waals surface area contributed by atoms with Crippen LogP contribution in [0.15, 0.2) is 12.1 Å². The molecule has 0 amide bonds. The van der Waals surface area contributed by atoms with Crippen molar-refractivity contribution in [2.75, 3.05) is 0 Å². The summed E-state index contributed by atoms with van der Waals surface area (Å²) < 4.78 is 0. The van der Waals surface area contributed by atoms with E-state index in [4.69, 9.17) is 0 Å². The molecule has 0 aliphatic rings. The maximum absolute atomic E-state index is 4.52. The second-order valence-corrected chi connectivity index (χ2v) is 6.12. The van der Waals surface area contributed by atoms with Gasteiger partial charge in [0.2, 0.25) is 0 Å². The van der Waals surface area contributed by atoms with E-state index < -0.39 is 0 Å². The van der Waals surface area contributed by atoms with Gasteiger partial charge in [-0.15, -0.1) is 0 Å². The summed E-state index contributed by atoms with van der Waals surface area (Å²) in [5, 5.41) is 0. The highest BCUT2D eigenvalue weighted by molar-refractivity contribution is 7.79. The molecule has 0 aromatic heterocycles. The zero-order valence-electron chi connectivity index (χ0n) is 12.0. The molecule has 0 saturated heterocycles. The minimum atomic E-state index is 0.577. The SMILES string of the molecule is CC(C)c1cc(C(C)C)c(CS)c(C(C)C)c1. The molecule has 0 saturated carbocycles. The molecule has 0 bridgehead atoms. The Morgan fingerprint density at radius 3 is 1.47 bits per heavy atom. The number of rotatable bonds is 4. The van der Waals surface area contributed by atoms with Gasteiger partial charge in [0.05, 0.1) is 0 Å². The Morgan fingerprint density at radius 1 is 0.824 bits per heavy atom. The van der Waals surface area contributed by atoms with Gasteiger partial charge in [0.1, 0.15) is 0 Å². The maximum Gasteiger partial charge on any atom is 0.0159 e. The molecule has 1 rings (SSSR count). The molecular weight excluding hydrogens is 224 g/mol. The van der Waals surface area contributed by atoms with E-state index in [0.717, 1.165) is 5.75 Å². The van der Waals surface area contributed by atoms with E-state index >= 15 is 0 Å². The van der Waals surface area contributed by atoms with Crippen molar-refractivity contribution in [2.24, 2.45) is 0 Å². The molecule has 1 aromatic carbocycles. The van der Waals surface area contributed by atoms with Crippen LogP contribution in [0.5, 0.6) is 0 Å². The van der Waals surface area contributed by atoms with Crippen molar-refractivity contribution >= 4 is 12.6 Å². The molecule has 0 spiro atoms. The summed E-state index contributed by atoms with van der Waals surface area (Å²) >= 11 is 4.52. The second kappa shape index (κ2) is 5.95. The predicted octanol–water partition coefficient (Wildman–Crippen LogP) is 5.49. The lowest BCUT2D eigenvalue weighted by molar-refractivity contribution is 0.790. The van der Waals surface area contributed by atoms with Crippen LogP contribution in [0.2, 0.25) is 0 Å². The van der Waals surface area contributed by atoms with Gasteiger partial charge >= 0.3 is 0 Å². The van der Waals surface area contributed by atoms with E-state index in [1.165, 1.54) is 22.3 Å². The number of thiol groups is 1. The molecule has 0 radical (unpaired) electrons. The molecule has 0 N–H and O–H groups in total. The summed E-state index contributed by atoms with van der Waals surface area (Å²) in [5.41, 5.74) is 5.87. The molecule has 0 aliphatic heterocycles. The van der Waals surface area contributed by atoms with E-state index in [0.29, 0.717) is 17.8 Å². The van der Waals surface area contributed by atoms with Crippen LogP contribution in [0.3, 0.4) is 0 Å². The van der Waals surface area contributed by atoms with Crippen LogP contribution in [0.4, 0.5) is 0 Å². The van der Waals surface area contributed by atoms with Crippen molar-refractivity contribution in [3.63, 3.8) is 0 Å². The van der Waals surface area contributed by atoms with Gasteiger partial charge < -0.3 is 0 Å². The topological polar surface area (TPSA) is 0 Å². The maximum atomic E-state index is 4.52.